The molecule has 1 fully saturated rings. The van der Waals surface area contributed by atoms with Crippen LogP contribution in [0.4, 0.5) is 19.3 Å². The van der Waals surface area contributed by atoms with Gasteiger partial charge in [0.05, 0.1) is 18.8 Å². The molecule has 1 amide bonds. The van der Waals surface area contributed by atoms with Crippen molar-refractivity contribution in [3.63, 3.8) is 0 Å². The SMILES string of the molecule is CCOC(=O)C(F)(F)[C@H](NC(=O)OC(C)(C)C)c1cccc(N2CCOC(C)(C)C2)c1. The summed E-state index contributed by atoms with van der Waals surface area (Å²) in [6.07, 6.45) is -1.06. The Morgan fingerprint density at radius 2 is 1.97 bits per heavy atom. The Balaban J connectivity index is 2.39. The van der Waals surface area contributed by atoms with Crippen LogP contribution in [0.2, 0.25) is 0 Å². The Morgan fingerprint density at radius 3 is 2.55 bits per heavy atom. The highest BCUT2D eigenvalue weighted by Gasteiger charge is 2.51. The largest absolute Gasteiger partial charge is 0.461 e. The smallest absolute Gasteiger partial charge is 0.408 e. The van der Waals surface area contributed by atoms with Crippen molar-refractivity contribution in [3.05, 3.63) is 29.8 Å². The molecule has 1 aliphatic heterocycles. The van der Waals surface area contributed by atoms with Crippen LogP contribution < -0.4 is 10.2 Å². The number of alkyl halides is 2. The number of hydrogen-bond acceptors (Lipinski definition) is 6. The molecule has 1 N–H and O–H groups in total. The van der Waals surface area contributed by atoms with E-state index < -0.39 is 35.2 Å². The number of ether oxygens (including phenoxy) is 3. The second-order valence-electron chi connectivity index (χ2n) is 9.05. The summed E-state index contributed by atoms with van der Waals surface area (Å²) in [4.78, 5) is 26.3. The first kappa shape index (κ1) is 24.8. The van der Waals surface area contributed by atoms with Gasteiger partial charge in [0.2, 0.25) is 0 Å². The number of esters is 1. The van der Waals surface area contributed by atoms with Crippen LogP contribution in [0.1, 0.15) is 53.1 Å². The van der Waals surface area contributed by atoms with Crippen molar-refractivity contribution in [2.75, 3.05) is 31.2 Å². The number of morpholine rings is 1. The normalized spacial score (nSPS) is 17.6. The molecule has 0 saturated carbocycles. The maximum atomic E-state index is 15.1. The summed E-state index contributed by atoms with van der Waals surface area (Å²) in [5.74, 6) is -5.72. The zero-order valence-corrected chi connectivity index (χ0v) is 19.0. The van der Waals surface area contributed by atoms with E-state index in [0.717, 1.165) is 0 Å². The van der Waals surface area contributed by atoms with E-state index in [2.05, 4.69) is 10.1 Å². The summed E-state index contributed by atoms with van der Waals surface area (Å²) in [5, 5.41) is 2.16. The van der Waals surface area contributed by atoms with E-state index in [1.807, 2.05) is 18.7 Å². The Bertz CT molecular complexity index is 792. The molecule has 1 aromatic rings. The van der Waals surface area contributed by atoms with Gasteiger partial charge >= 0.3 is 18.0 Å². The third kappa shape index (κ3) is 6.78. The zero-order valence-electron chi connectivity index (χ0n) is 19.0. The maximum absolute atomic E-state index is 15.1. The van der Waals surface area contributed by atoms with Gasteiger partial charge in [0.25, 0.3) is 0 Å². The van der Waals surface area contributed by atoms with Crippen LogP contribution in [-0.4, -0.2) is 55.5 Å². The minimum Gasteiger partial charge on any atom is -0.461 e. The van der Waals surface area contributed by atoms with Gasteiger partial charge in [-0.25, -0.2) is 9.59 Å². The molecule has 9 heteroatoms. The number of benzene rings is 1. The molecule has 0 spiro atoms. The highest BCUT2D eigenvalue weighted by Crippen LogP contribution is 2.35. The molecule has 1 saturated heterocycles. The number of hydrogen-bond donors (Lipinski definition) is 1. The summed E-state index contributed by atoms with van der Waals surface area (Å²) < 4.78 is 45.5. The second kappa shape index (κ2) is 9.38. The number of alkyl carbamates (subject to hydrolysis) is 1. The van der Waals surface area contributed by atoms with Crippen molar-refractivity contribution in [1.82, 2.24) is 5.32 Å². The predicted molar refractivity (Wildman–Crippen MR) is 112 cm³/mol. The first-order valence-electron chi connectivity index (χ1n) is 10.3. The molecular weight excluding hydrogens is 410 g/mol. The fourth-order valence-corrected chi connectivity index (χ4v) is 3.29. The van der Waals surface area contributed by atoms with Crippen molar-refractivity contribution in [1.29, 1.82) is 0 Å². The van der Waals surface area contributed by atoms with E-state index in [1.165, 1.54) is 19.1 Å². The fraction of sp³-hybridized carbons (Fsp3) is 0.636. The number of halogens is 2. The monoisotopic (exact) mass is 442 g/mol. The number of carbonyl (C=O) groups excluding carboxylic acids is 2. The third-order valence-corrected chi connectivity index (χ3v) is 4.57. The quantitative estimate of drug-likeness (QED) is 0.670. The number of amides is 1. The maximum Gasteiger partial charge on any atom is 0.408 e. The standard InChI is InChI=1S/C22H32F2N2O5/c1-7-29-18(27)22(23,24)17(25-19(28)31-20(2,3)4)15-9-8-10-16(13-15)26-11-12-30-21(5,6)14-26/h8-10,13,17H,7,11-12,14H2,1-6H3,(H,25,28)/t17-/m1/s1. The lowest BCUT2D eigenvalue weighted by molar-refractivity contribution is -0.176. The first-order valence-corrected chi connectivity index (χ1v) is 10.3. The highest BCUT2D eigenvalue weighted by molar-refractivity contribution is 5.80. The van der Waals surface area contributed by atoms with E-state index in [-0.39, 0.29) is 12.2 Å². The van der Waals surface area contributed by atoms with Gasteiger partial charge in [-0.1, -0.05) is 12.1 Å². The van der Waals surface area contributed by atoms with E-state index in [4.69, 9.17) is 9.47 Å². The Morgan fingerprint density at radius 1 is 1.29 bits per heavy atom. The predicted octanol–water partition coefficient (Wildman–Crippen LogP) is 4.07. The number of rotatable bonds is 6. The number of nitrogens with one attached hydrogen (secondary N) is 1. The van der Waals surface area contributed by atoms with Gasteiger partial charge in [0.1, 0.15) is 11.6 Å². The van der Waals surface area contributed by atoms with Gasteiger partial charge < -0.3 is 24.4 Å². The summed E-state index contributed by atoms with van der Waals surface area (Å²) in [6.45, 7) is 11.6. The van der Waals surface area contributed by atoms with E-state index >= 15 is 8.78 Å². The molecule has 0 aromatic heterocycles. The fourth-order valence-electron chi connectivity index (χ4n) is 3.29. The van der Waals surface area contributed by atoms with Crippen molar-refractivity contribution < 1.29 is 32.6 Å². The zero-order chi connectivity index (χ0) is 23.4. The molecule has 0 radical (unpaired) electrons. The van der Waals surface area contributed by atoms with Gasteiger partial charge in [0, 0.05) is 18.8 Å². The lowest BCUT2D eigenvalue weighted by atomic mass is 9.99. The van der Waals surface area contributed by atoms with Crippen LogP contribution in [0.3, 0.4) is 0 Å². The molecule has 2 rings (SSSR count). The Labute approximate surface area is 182 Å². The highest BCUT2D eigenvalue weighted by atomic mass is 19.3. The molecule has 31 heavy (non-hydrogen) atoms. The van der Waals surface area contributed by atoms with Crippen LogP contribution in [-0.2, 0) is 19.0 Å². The van der Waals surface area contributed by atoms with Gasteiger partial charge in [-0.05, 0) is 59.2 Å². The summed E-state index contributed by atoms with van der Waals surface area (Å²) in [5.41, 5.74) is -0.540. The summed E-state index contributed by atoms with van der Waals surface area (Å²) in [7, 11) is 0. The number of nitrogens with zero attached hydrogens (tertiary/aromatic N) is 1. The van der Waals surface area contributed by atoms with Crippen LogP contribution >= 0.6 is 0 Å². The molecule has 1 atom stereocenters. The molecular formula is C22H32F2N2O5. The molecule has 0 aliphatic carbocycles. The second-order valence-corrected chi connectivity index (χ2v) is 9.05. The minimum absolute atomic E-state index is 0.0608. The van der Waals surface area contributed by atoms with Crippen molar-refractivity contribution >= 4 is 17.7 Å². The molecule has 0 unspecified atom stereocenters. The first-order chi connectivity index (χ1) is 14.2. The van der Waals surface area contributed by atoms with Gasteiger partial charge in [-0.3, -0.25) is 0 Å². The van der Waals surface area contributed by atoms with Crippen molar-refractivity contribution in [2.24, 2.45) is 0 Å². The van der Waals surface area contributed by atoms with Crippen molar-refractivity contribution in [3.8, 4) is 0 Å². The third-order valence-electron chi connectivity index (χ3n) is 4.57. The van der Waals surface area contributed by atoms with Crippen LogP contribution in [0, 0.1) is 0 Å². The Hall–Kier alpha value is -2.42. The van der Waals surface area contributed by atoms with Crippen molar-refractivity contribution in [2.45, 2.75) is 64.7 Å². The molecule has 7 nitrogen and oxygen atoms in total. The van der Waals surface area contributed by atoms with E-state index in [1.54, 1.807) is 32.9 Å². The van der Waals surface area contributed by atoms with E-state index in [9.17, 15) is 9.59 Å². The number of anilines is 1. The minimum atomic E-state index is -4.00. The average Bonchev–Trinajstić information content (AvgIpc) is 2.64. The van der Waals surface area contributed by atoms with Gasteiger partial charge in [-0.2, -0.15) is 8.78 Å². The number of carbonyl (C=O) groups is 2. The van der Waals surface area contributed by atoms with Gasteiger partial charge in [-0.15, -0.1) is 0 Å². The average molecular weight is 443 g/mol. The van der Waals surface area contributed by atoms with Gasteiger partial charge in [0.15, 0.2) is 0 Å². The summed E-state index contributed by atoms with van der Waals surface area (Å²) in [6, 6.07) is 4.41. The molecule has 1 aromatic carbocycles. The Kier molecular flexibility index (Phi) is 7.52. The topological polar surface area (TPSA) is 77.1 Å². The van der Waals surface area contributed by atoms with Crippen LogP contribution in [0.25, 0.3) is 0 Å². The summed E-state index contributed by atoms with van der Waals surface area (Å²) >= 11 is 0. The molecule has 1 heterocycles. The van der Waals surface area contributed by atoms with E-state index in [0.29, 0.717) is 25.4 Å². The van der Waals surface area contributed by atoms with Crippen LogP contribution in [0.5, 0.6) is 0 Å². The van der Waals surface area contributed by atoms with Crippen LogP contribution in [0.15, 0.2) is 24.3 Å². The lowest BCUT2D eigenvalue weighted by Gasteiger charge is -2.39. The lowest BCUT2D eigenvalue weighted by Crippen LogP contribution is -2.49. The molecule has 1 aliphatic rings. The molecule has 0 bridgehead atoms. The molecule has 174 valence electrons.